The van der Waals surface area contributed by atoms with Gasteiger partial charge in [0.25, 0.3) is 0 Å². The molecule has 0 aromatic heterocycles. The molecule has 12 heteroatoms. The fourth-order valence-corrected chi connectivity index (χ4v) is 3.23. The van der Waals surface area contributed by atoms with E-state index < -0.39 is 64.5 Å². The summed E-state index contributed by atoms with van der Waals surface area (Å²) in [6.45, 7) is 21.0. The molecule has 0 aliphatic heterocycles. The van der Waals surface area contributed by atoms with Crippen molar-refractivity contribution < 1.29 is 42.9 Å². The highest BCUT2D eigenvalue weighted by atomic mass is 16.6. The third-order valence-electron chi connectivity index (χ3n) is 4.64. The first kappa shape index (κ1) is 38.0. The van der Waals surface area contributed by atoms with Crippen LogP contribution in [0.3, 0.4) is 0 Å². The number of nitrogens with one attached hydrogen (secondary N) is 3. The van der Waals surface area contributed by atoms with Crippen molar-refractivity contribution >= 4 is 30.0 Å². The van der Waals surface area contributed by atoms with Gasteiger partial charge in [-0.1, -0.05) is 0 Å². The molecular formula is C29H53N3O9. The van der Waals surface area contributed by atoms with Gasteiger partial charge in [0.2, 0.25) is 0 Å². The van der Waals surface area contributed by atoms with Crippen molar-refractivity contribution in [1.29, 1.82) is 0 Å². The Hall–Kier alpha value is -3.05. The van der Waals surface area contributed by atoms with E-state index in [-0.39, 0.29) is 19.3 Å². The first-order valence-electron chi connectivity index (χ1n) is 14.1. The number of unbranched alkanes of at least 4 members (excludes halogenated alkanes) is 1. The molecule has 0 aliphatic carbocycles. The summed E-state index contributed by atoms with van der Waals surface area (Å²) in [5.41, 5.74) is -2.94. The van der Waals surface area contributed by atoms with Gasteiger partial charge in [0, 0.05) is 13.0 Å². The summed E-state index contributed by atoms with van der Waals surface area (Å²) in [4.78, 5) is 62.7. The third kappa shape index (κ3) is 21.4. The highest BCUT2D eigenvalue weighted by molar-refractivity contribution is 5.87. The average molecular weight is 588 g/mol. The Morgan fingerprint density at radius 1 is 0.561 bits per heavy atom. The van der Waals surface area contributed by atoms with Gasteiger partial charge in [-0.25, -0.2) is 19.2 Å². The van der Waals surface area contributed by atoms with E-state index in [1.165, 1.54) is 0 Å². The Morgan fingerprint density at radius 2 is 0.976 bits per heavy atom. The molecule has 0 aliphatic rings. The van der Waals surface area contributed by atoms with Crippen LogP contribution >= 0.6 is 0 Å². The Balaban J connectivity index is 5.38. The molecule has 0 heterocycles. The van der Waals surface area contributed by atoms with E-state index in [1.807, 2.05) is 0 Å². The lowest BCUT2D eigenvalue weighted by atomic mass is 10.1. The molecule has 0 rings (SSSR count). The summed E-state index contributed by atoms with van der Waals surface area (Å²) in [6, 6.07) is -2.99. The first-order chi connectivity index (χ1) is 18.4. The van der Waals surface area contributed by atoms with Crippen LogP contribution in [-0.4, -0.2) is 71.1 Å². The lowest BCUT2D eigenvalue weighted by molar-refractivity contribution is -0.159. The average Bonchev–Trinajstić information content (AvgIpc) is 2.70. The maximum Gasteiger partial charge on any atom is 0.407 e. The summed E-state index contributed by atoms with van der Waals surface area (Å²) in [6.07, 6.45) is 0.449. The molecule has 0 bridgehead atoms. The highest BCUT2D eigenvalue weighted by Crippen LogP contribution is 2.15. The minimum atomic E-state index is -1.17. The highest BCUT2D eigenvalue weighted by Gasteiger charge is 2.31. The minimum absolute atomic E-state index is 0.0648. The zero-order valence-electron chi connectivity index (χ0n) is 27.1. The Bertz CT molecular complexity index is 891. The van der Waals surface area contributed by atoms with Crippen molar-refractivity contribution in [1.82, 2.24) is 16.0 Å². The van der Waals surface area contributed by atoms with Gasteiger partial charge in [0.05, 0.1) is 0 Å². The lowest BCUT2D eigenvalue weighted by Crippen LogP contribution is -2.53. The lowest BCUT2D eigenvalue weighted by Gasteiger charge is -2.27. The zero-order valence-corrected chi connectivity index (χ0v) is 27.1. The molecular weight excluding hydrogens is 534 g/mol. The number of carbonyl (C=O) groups excluding carboxylic acids is 5. The summed E-state index contributed by atoms with van der Waals surface area (Å²) in [5, 5.41) is 7.76. The maximum atomic E-state index is 13.0. The standard InChI is InChI=1S/C29H53N3O9/c1-26(2,3)38-21(33)17-16-20(23(35)40-28(7,8)9)32-24(36)31-19(22(34)39-27(4,5)6)15-13-14-18-30-25(37)41-29(10,11)12/h19-20H,13-18H2,1-12H3,(H,30,37)(H2,31,32,36)/t19-,20-/m0/s1. The third-order valence-corrected chi connectivity index (χ3v) is 4.64. The van der Waals surface area contributed by atoms with Crippen LogP contribution in [0.25, 0.3) is 0 Å². The van der Waals surface area contributed by atoms with Gasteiger partial charge in [-0.15, -0.1) is 0 Å². The molecule has 0 aromatic rings. The number of ether oxygens (including phenoxy) is 4. The van der Waals surface area contributed by atoms with Crippen LogP contribution in [0.4, 0.5) is 9.59 Å². The van der Waals surface area contributed by atoms with Gasteiger partial charge in [-0.2, -0.15) is 0 Å². The van der Waals surface area contributed by atoms with Gasteiger partial charge in [-0.3, -0.25) is 4.79 Å². The van der Waals surface area contributed by atoms with Crippen molar-refractivity contribution in [3.05, 3.63) is 0 Å². The Morgan fingerprint density at radius 3 is 1.39 bits per heavy atom. The van der Waals surface area contributed by atoms with Crippen molar-refractivity contribution in [2.75, 3.05) is 6.54 Å². The first-order valence-corrected chi connectivity index (χ1v) is 14.1. The number of hydrogen-bond donors (Lipinski definition) is 3. The van der Waals surface area contributed by atoms with Crippen molar-refractivity contribution in [2.45, 2.75) is 150 Å². The fraction of sp³-hybridized carbons (Fsp3) is 0.828. The summed E-state index contributed by atoms with van der Waals surface area (Å²) in [5.74, 6) is -1.89. The van der Waals surface area contributed by atoms with Crippen molar-refractivity contribution in [2.24, 2.45) is 0 Å². The van der Waals surface area contributed by atoms with Crippen LogP contribution in [0.15, 0.2) is 0 Å². The molecule has 3 amide bonds. The molecule has 2 atom stereocenters. The molecule has 0 radical (unpaired) electrons. The smallest absolute Gasteiger partial charge is 0.407 e. The Labute approximate surface area is 245 Å². The molecule has 3 N–H and O–H groups in total. The van der Waals surface area contributed by atoms with E-state index >= 15 is 0 Å². The second-order valence-corrected chi connectivity index (χ2v) is 13.8. The summed E-state index contributed by atoms with van der Waals surface area (Å²) < 4.78 is 21.4. The van der Waals surface area contributed by atoms with Gasteiger partial charge >= 0.3 is 30.0 Å². The number of esters is 3. The Kier molecular flexibility index (Phi) is 14.6. The van der Waals surface area contributed by atoms with Crippen LogP contribution in [0, 0.1) is 0 Å². The van der Waals surface area contributed by atoms with E-state index in [9.17, 15) is 24.0 Å². The predicted molar refractivity (Wildman–Crippen MR) is 154 cm³/mol. The van der Waals surface area contributed by atoms with Gasteiger partial charge in [0.15, 0.2) is 0 Å². The predicted octanol–water partition coefficient (Wildman–Crippen LogP) is 4.52. The molecule has 0 fully saturated rings. The van der Waals surface area contributed by atoms with E-state index in [1.54, 1.807) is 83.1 Å². The van der Waals surface area contributed by atoms with Crippen LogP contribution < -0.4 is 16.0 Å². The topological polar surface area (TPSA) is 158 Å². The molecule has 0 aromatic carbocycles. The molecule has 0 unspecified atom stereocenters. The second kappa shape index (κ2) is 15.8. The normalized spacial score (nSPS) is 13.8. The monoisotopic (exact) mass is 587 g/mol. The molecule has 0 saturated carbocycles. The number of amides is 3. The quantitative estimate of drug-likeness (QED) is 0.169. The van der Waals surface area contributed by atoms with Gasteiger partial charge in [-0.05, 0) is 109 Å². The number of hydrogen-bond acceptors (Lipinski definition) is 9. The van der Waals surface area contributed by atoms with Crippen molar-refractivity contribution in [3.8, 4) is 0 Å². The van der Waals surface area contributed by atoms with Crippen molar-refractivity contribution in [3.63, 3.8) is 0 Å². The molecule has 0 saturated heterocycles. The van der Waals surface area contributed by atoms with E-state index in [0.29, 0.717) is 19.4 Å². The van der Waals surface area contributed by atoms with E-state index in [0.717, 1.165) is 0 Å². The van der Waals surface area contributed by atoms with Crippen LogP contribution in [0.1, 0.15) is 115 Å². The van der Waals surface area contributed by atoms with Gasteiger partial charge < -0.3 is 34.9 Å². The number of urea groups is 1. The number of rotatable bonds is 12. The largest absolute Gasteiger partial charge is 0.460 e. The van der Waals surface area contributed by atoms with Crippen LogP contribution in [0.5, 0.6) is 0 Å². The molecule has 238 valence electrons. The SMILES string of the molecule is CC(C)(C)OC(=O)CC[C@H](NC(=O)N[C@@H](CCCCNC(=O)OC(C)(C)C)C(=O)OC(C)(C)C)C(=O)OC(C)(C)C. The van der Waals surface area contributed by atoms with Crippen LogP contribution in [0.2, 0.25) is 0 Å². The summed E-state index contributed by atoms with van der Waals surface area (Å²) in [7, 11) is 0. The number of alkyl carbamates (subject to hydrolysis) is 1. The van der Waals surface area contributed by atoms with Crippen LogP contribution in [-0.2, 0) is 33.3 Å². The second-order valence-electron chi connectivity index (χ2n) is 13.8. The van der Waals surface area contributed by atoms with E-state index in [4.69, 9.17) is 18.9 Å². The molecule has 41 heavy (non-hydrogen) atoms. The van der Waals surface area contributed by atoms with Gasteiger partial charge in [0.1, 0.15) is 34.5 Å². The molecule has 0 spiro atoms. The number of carbonyl (C=O) groups is 5. The minimum Gasteiger partial charge on any atom is -0.460 e. The molecule has 12 nitrogen and oxygen atoms in total. The zero-order chi connectivity index (χ0) is 32.2. The summed E-state index contributed by atoms with van der Waals surface area (Å²) >= 11 is 0. The maximum absolute atomic E-state index is 13.0. The fourth-order valence-electron chi connectivity index (χ4n) is 3.23. The van der Waals surface area contributed by atoms with E-state index in [2.05, 4.69) is 16.0 Å².